The van der Waals surface area contributed by atoms with Crippen molar-refractivity contribution in [2.75, 3.05) is 18.4 Å². The van der Waals surface area contributed by atoms with E-state index >= 15 is 0 Å². The van der Waals surface area contributed by atoms with Crippen molar-refractivity contribution in [2.45, 2.75) is 96.9 Å². The zero-order chi connectivity index (χ0) is 39.0. The van der Waals surface area contributed by atoms with Gasteiger partial charge in [-0.3, -0.25) is 34.3 Å². The fourth-order valence-electron chi connectivity index (χ4n) is 9.90. The number of halogens is 1. The van der Waals surface area contributed by atoms with Crippen LogP contribution >= 0.6 is 11.6 Å². The molecule has 0 spiro atoms. The van der Waals surface area contributed by atoms with Crippen LogP contribution in [0.2, 0.25) is 5.02 Å². The summed E-state index contributed by atoms with van der Waals surface area (Å²) in [5, 5.41) is 26.7. The minimum Gasteiger partial charge on any atom is -0.489 e. The molecule has 286 valence electrons. The SMILES string of the molecule is CC1(C)C(Nc2ccc(C(=O)N3CCC(N4Cc5cc6c(cc5C4)C(O)N(C4CCC(=O)NC4=O)C6=O)CC3)cc2)C(C)(C)C1Oc1ccc(C#N)c(Cl)c1. The maximum atomic E-state index is 13.6. The van der Waals surface area contributed by atoms with Gasteiger partial charge in [-0.1, -0.05) is 39.3 Å². The molecule has 2 atom stereocenters. The predicted molar refractivity (Wildman–Crippen MR) is 204 cm³/mol. The molecule has 13 heteroatoms. The summed E-state index contributed by atoms with van der Waals surface area (Å²) in [4.78, 5) is 56.6. The van der Waals surface area contributed by atoms with Crippen LogP contribution in [0.1, 0.15) is 103 Å². The average molecular weight is 765 g/mol. The number of ether oxygens (including phenoxy) is 1. The lowest BCUT2D eigenvalue weighted by atomic mass is 9.49. The molecular formula is C42H45ClN6O6. The van der Waals surface area contributed by atoms with Crippen molar-refractivity contribution in [3.05, 3.63) is 93.0 Å². The summed E-state index contributed by atoms with van der Waals surface area (Å²) in [7, 11) is 0. The van der Waals surface area contributed by atoms with E-state index in [9.17, 15) is 29.5 Å². The maximum Gasteiger partial charge on any atom is 0.257 e. The number of aliphatic hydroxyl groups excluding tert-OH is 1. The van der Waals surface area contributed by atoms with Crippen molar-refractivity contribution < 1.29 is 29.0 Å². The van der Waals surface area contributed by atoms with Gasteiger partial charge in [-0.05, 0) is 78.9 Å². The first-order valence-corrected chi connectivity index (χ1v) is 19.3. The molecule has 3 fully saturated rings. The number of fused-ring (bicyclic) bond motifs is 2. The van der Waals surface area contributed by atoms with E-state index in [1.165, 1.54) is 4.90 Å². The molecule has 2 unspecified atom stereocenters. The summed E-state index contributed by atoms with van der Waals surface area (Å²) in [6, 6.07) is 18.2. The lowest BCUT2D eigenvalue weighted by Crippen LogP contribution is -2.72. The van der Waals surface area contributed by atoms with E-state index in [0.29, 0.717) is 59.2 Å². The van der Waals surface area contributed by atoms with Crippen LogP contribution in [-0.4, -0.2) is 80.8 Å². The fraction of sp³-hybridized carbons (Fsp3) is 0.452. The van der Waals surface area contributed by atoms with Gasteiger partial charge in [0.2, 0.25) is 11.8 Å². The van der Waals surface area contributed by atoms with Crippen LogP contribution in [0.4, 0.5) is 5.69 Å². The highest BCUT2D eigenvalue weighted by molar-refractivity contribution is 6.31. The Labute approximate surface area is 325 Å². The zero-order valence-corrected chi connectivity index (χ0v) is 32.2. The van der Waals surface area contributed by atoms with Crippen LogP contribution in [0.5, 0.6) is 5.75 Å². The van der Waals surface area contributed by atoms with Gasteiger partial charge in [0.1, 0.15) is 24.0 Å². The molecule has 8 rings (SSSR count). The number of benzene rings is 3. The molecule has 4 aliphatic heterocycles. The third kappa shape index (κ3) is 6.32. The maximum absolute atomic E-state index is 13.6. The van der Waals surface area contributed by atoms with E-state index in [1.807, 2.05) is 41.3 Å². The molecule has 55 heavy (non-hydrogen) atoms. The Morgan fingerprint density at radius 3 is 2.27 bits per heavy atom. The number of imide groups is 1. The molecule has 4 heterocycles. The Morgan fingerprint density at radius 2 is 1.64 bits per heavy atom. The van der Waals surface area contributed by atoms with Gasteiger partial charge in [-0.2, -0.15) is 5.26 Å². The molecule has 1 saturated carbocycles. The predicted octanol–water partition coefficient (Wildman–Crippen LogP) is 5.38. The monoisotopic (exact) mass is 764 g/mol. The van der Waals surface area contributed by atoms with E-state index in [-0.39, 0.29) is 53.7 Å². The van der Waals surface area contributed by atoms with Gasteiger partial charge in [0.05, 0.1) is 10.6 Å². The molecule has 3 N–H and O–H groups in total. The quantitative estimate of drug-likeness (QED) is 0.269. The molecular weight excluding hydrogens is 720 g/mol. The number of hydrogen-bond acceptors (Lipinski definition) is 9. The number of likely N-dealkylation sites (tertiary alicyclic amines) is 1. The first kappa shape index (κ1) is 37.0. The lowest BCUT2D eigenvalue weighted by molar-refractivity contribution is -0.147. The first-order chi connectivity index (χ1) is 26.2. The van der Waals surface area contributed by atoms with Crippen molar-refractivity contribution >= 4 is 40.9 Å². The lowest BCUT2D eigenvalue weighted by Gasteiger charge is -2.63. The van der Waals surface area contributed by atoms with E-state index in [4.69, 9.17) is 16.3 Å². The molecule has 0 aromatic heterocycles. The van der Waals surface area contributed by atoms with Crippen molar-refractivity contribution in [1.82, 2.24) is 20.0 Å². The summed E-state index contributed by atoms with van der Waals surface area (Å²) >= 11 is 6.26. The van der Waals surface area contributed by atoms with Gasteiger partial charge in [-0.25, -0.2) is 0 Å². The summed E-state index contributed by atoms with van der Waals surface area (Å²) in [6.45, 7) is 11.3. The number of rotatable bonds is 7. The number of anilines is 1. The standard InChI is InChI=1S/C42H45ClN6O6/c1-41(2)39(42(3,4)40(41)55-29-10-7-24(20-44)32(43)19-29)45-27-8-5-23(6-9-27)36(52)47-15-13-28(14-16-47)48-21-25-17-30-31(18-26(25)22-48)38(54)49(37(30)53)33-11-12-34(50)46-35(33)51/h5-10,17-19,28,33,37,39-40,45,53H,11-16,21-22H2,1-4H3,(H,46,50,51). The second kappa shape index (κ2) is 13.7. The molecule has 5 aliphatic rings. The van der Waals surface area contributed by atoms with Crippen LogP contribution in [-0.2, 0) is 22.7 Å². The summed E-state index contributed by atoms with van der Waals surface area (Å²) < 4.78 is 6.43. The number of nitrogens with one attached hydrogen (secondary N) is 2. The topological polar surface area (TPSA) is 155 Å². The van der Waals surface area contributed by atoms with Crippen molar-refractivity contribution in [3.63, 3.8) is 0 Å². The molecule has 1 aliphatic carbocycles. The smallest absolute Gasteiger partial charge is 0.257 e. The normalized spacial score (nSPS) is 25.8. The fourth-order valence-corrected chi connectivity index (χ4v) is 10.1. The van der Waals surface area contributed by atoms with Crippen LogP contribution in [0.25, 0.3) is 0 Å². The Balaban J connectivity index is 0.845. The Morgan fingerprint density at radius 1 is 0.964 bits per heavy atom. The Hall–Kier alpha value is -4.96. The van der Waals surface area contributed by atoms with Gasteiger partial charge in [-0.15, -0.1) is 0 Å². The Bertz CT molecular complexity index is 2120. The first-order valence-electron chi connectivity index (χ1n) is 18.9. The average Bonchev–Trinajstić information content (AvgIpc) is 3.69. The summed E-state index contributed by atoms with van der Waals surface area (Å²) in [5.74, 6) is -0.673. The molecule has 3 aromatic carbocycles. The molecule has 4 amide bonds. The Kier molecular flexibility index (Phi) is 9.18. The third-order valence-corrected chi connectivity index (χ3v) is 12.8. The van der Waals surface area contributed by atoms with Crippen molar-refractivity contribution in [1.29, 1.82) is 5.26 Å². The van der Waals surface area contributed by atoms with Gasteiger partial charge >= 0.3 is 0 Å². The number of hydrogen-bond donors (Lipinski definition) is 3. The number of piperidine rings is 2. The highest BCUT2D eigenvalue weighted by Crippen LogP contribution is 2.56. The minimum absolute atomic E-state index is 0.0121. The molecule has 3 aromatic rings. The van der Waals surface area contributed by atoms with Gasteiger partial charge in [0, 0.05) is 84.0 Å². The molecule has 2 saturated heterocycles. The summed E-state index contributed by atoms with van der Waals surface area (Å²) in [6.07, 6.45) is 0.624. The van der Waals surface area contributed by atoms with E-state index < -0.39 is 24.1 Å². The minimum atomic E-state index is -1.24. The second-order valence-corrected chi connectivity index (χ2v) is 17.1. The largest absolute Gasteiger partial charge is 0.489 e. The highest BCUT2D eigenvalue weighted by atomic mass is 35.5. The van der Waals surface area contributed by atoms with Crippen LogP contribution < -0.4 is 15.4 Å². The number of amides is 4. The number of nitrogens with zero attached hydrogens (tertiary/aromatic N) is 4. The van der Waals surface area contributed by atoms with E-state index in [1.54, 1.807) is 18.2 Å². The van der Waals surface area contributed by atoms with E-state index in [2.05, 4.69) is 49.3 Å². The van der Waals surface area contributed by atoms with Crippen LogP contribution in [0, 0.1) is 22.2 Å². The highest BCUT2D eigenvalue weighted by Gasteiger charge is 2.63. The molecule has 12 nitrogen and oxygen atoms in total. The number of carbonyl (C=O) groups is 4. The number of nitriles is 1. The second-order valence-electron chi connectivity index (χ2n) is 16.7. The van der Waals surface area contributed by atoms with E-state index in [0.717, 1.165) is 29.7 Å². The third-order valence-electron chi connectivity index (χ3n) is 12.5. The van der Waals surface area contributed by atoms with Crippen LogP contribution in [0.3, 0.4) is 0 Å². The van der Waals surface area contributed by atoms with Crippen LogP contribution in [0.15, 0.2) is 54.6 Å². The van der Waals surface area contributed by atoms with Gasteiger partial charge < -0.3 is 20.1 Å². The molecule has 0 bridgehead atoms. The van der Waals surface area contributed by atoms with Crippen molar-refractivity contribution in [2.24, 2.45) is 10.8 Å². The molecule has 0 radical (unpaired) electrons. The number of aliphatic hydroxyl groups is 1. The zero-order valence-electron chi connectivity index (χ0n) is 31.4. The van der Waals surface area contributed by atoms with Crippen molar-refractivity contribution in [3.8, 4) is 11.8 Å². The number of carbonyl (C=O) groups excluding carboxylic acids is 4. The summed E-state index contributed by atoms with van der Waals surface area (Å²) in [5.41, 5.74) is 4.53. The van der Waals surface area contributed by atoms with Gasteiger partial charge in [0.15, 0.2) is 6.23 Å². The van der Waals surface area contributed by atoms with Gasteiger partial charge in [0.25, 0.3) is 11.8 Å².